The van der Waals surface area contributed by atoms with Crippen molar-refractivity contribution in [2.24, 2.45) is 0 Å². The first kappa shape index (κ1) is 16.9. The molecule has 2 aromatic rings. The monoisotopic (exact) mass is 327 g/mol. The van der Waals surface area contributed by atoms with Gasteiger partial charge in [-0.15, -0.1) is 0 Å². The lowest BCUT2D eigenvalue weighted by Crippen LogP contribution is -2.13. The Morgan fingerprint density at radius 3 is 2.70 bits per heavy atom. The Morgan fingerprint density at radius 2 is 2.13 bits per heavy atom. The van der Waals surface area contributed by atoms with Crippen molar-refractivity contribution in [3.63, 3.8) is 0 Å². The molecule has 0 saturated heterocycles. The molecule has 0 radical (unpaired) electrons. The molecule has 1 heterocycles. The van der Waals surface area contributed by atoms with Crippen LogP contribution in [0.1, 0.15) is 31.1 Å². The number of hydrogen-bond acceptors (Lipinski definition) is 2. The molecule has 0 unspecified atom stereocenters. The predicted octanol–water partition coefficient (Wildman–Crippen LogP) is 4.58. The Bertz CT molecular complexity index is 797. The maximum Gasteiger partial charge on any atom is 0.266 e. The van der Waals surface area contributed by atoms with Crippen LogP contribution in [0.5, 0.6) is 0 Å². The maximum absolute atomic E-state index is 12.2. The van der Waals surface area contributed by atoms with Crippen LogP contribution in [0, 0.1) is 18.3 Å². The predicted molar refractivity (Wildman–Crippen MR) is 93.2 cm³/mol. The molecule has 0 bridgehead atoms. The van der Waals surface area contributed by atoms with Gasteiger partial charge in [-0.05, 0) is 56.7 Å². The fourth-order valence-electron chi connectivity index (χ4n) is 2.33. The molecule has 0 aliphatic heterocycles. The highest BCUT2D eigenvalue weighted by Crippen LogP contribution is 2.18. The number of amides is 1. The molecule has 23 heavy (non-hydrogen) atoms. The molecule has 1 aromatic heterocycles. The van der Waals surface area contributed by atoms with E-state index in [1.54, 1.807) is 30.3 Å². The summed E-state index contributed by atoms with van der Waals surface area (Å²) in [5.74, 6) is -0.454. The van der Waals surface area contributed by atoms with E-state index >= 15 is 0 Å². The van der Waals surface area contributed by atoms with Gasteiger partial charge in [-0.25, -0.2) is 0 Å². The fraction of sp³-hybridized carbons (Fsp3) is 0.222. The number of nitriles is 1. The van der Waals surface area contributed by atoms with Gasteiger partial charge in [0, 0.05) is 28.6 Å². The summed E-state index contributed by atoms with van der Waals surface area (Å²) in [6.07, 6.45) is 3.52. The van der Waals surface area contributed by atoms with Gasteiger partial charge in [0.1, 0.15) is 11.6 Å². The van der Waals surface area contributed by atoms with Crippen molar-refractivity contribution >= 4 is 29.3 Å². The number of hydrogen-bond donors (Lipinski definition) is 1. The largest absolute Gasteiger partial charge is 0.349 e. The van der Waals surface area contributed by atoms with Crippen LogP contribution in [0.25, 0.3) is 6.08 Å². The van der Waals surface area contributed by atoms with Crippen molar-refractivity contribution in [2.45, 2.75) is 26.8 Å². The minimum absolute atomic E-state index is 0.0471. The normalized spacial score (nSPS) is 11.4. The highest BCUT2D eigenvalue weighted by atomic mass is 35.5. The molecular formula is C18H18ClN3O. The minimum atomic E-state index is -0.454. The zero-order valence-corrected chi connectivity index (χ0v) is 14.1. The second-order valence-electron chi connectivity index (χ2n) is 5.55. The van der Waals surface area contributed by atoms with Crippen molar-refractivity contribution in [3.8, 4) is 6.07 Å². The average Bonchev–Trinajstić information content (AvgIpc) is 2.85. The summed E-state index contributed by atoms with van der Waals surface area (Å²) < 4.78 is 2.09. The minimum Gasteiger partial charge on any atom is -0.349 e. The van der Waals surface area contributed by atoms with E-state index in [1.165, 1.54) is 0 Å². The van der Waals surface area contributed by atoms with E-state index in [-0.39, 0.29) is 5.57 Å². The molecule has 0 atom stereocenters. The van der Waals surface area contributed by atoms with Crippen LogP contribution in [-0.2, 0) is 4.79 Å². The number of aromatic nitrogens is 1. The van der Waals surface area contributed by atoms with E-state index < -0.39 is 5.91 Å². The topological polar surface area (TPSA) is 57.8 Å². The number of carbonyl (C=O) groups excluding carboxylic acids is 1. The summed E-state index contributed by atoms with van der Waals surface area (Å²) in [5, 5.41) is 12.5. The van der Waals surface area contributed by atoms with Gasteiger partial charge in [-0.3, -0.25) is 4.79 Å². The molecule has 0 fully saturated rings. The van der Waals surface area contributed by atoms with Gasteiger partial charge in [-0.1, -0.05) is 17.7 Å². The number of aryl methyl sites for hydroxylation is 1. The highest BCUT2D eigenvalue weighted by Gasteiger charge is 2.11. The molecule has 0 spiro atoms. The standard InChI is InChI=1S/C18H18ClN3O/c1-12(2)22-11-14(7-13(22)3)8-15(10-20)18(23)21-17-6-4-5-16(19)9-17/h4-9,11-12H,1-3H3,(H,21,23)/b15-8+. The van der Waals surface area contributed by atoms with Crippen molar-refractivity contribution < 1.29 is 4.79 Å². The van der Waals surface area contributed by atoms with Crippen LogP contribution in [0.15, 0.2) is 42.1 Å². The second-order valence-corrected chi connectivity index (χ2v) is 5.99. The number of nitrogens with zero attached hydrogens (tertiary/aromatic N) is 2. The Morgan fingerprint density at radius 1 is 1.39 bits per heavy atom. The number of halogens is 1. The first-order valence-corrected chi connectivity index (χ1v) is 7.65. The van der Waals surface area contributed by atoms with Crippen LogP contribution >= 0.6 is 11.6 Å². The molecular weight excluding hydrogens is 310 g/mol. The fourth-order valence-corrected chi connectivity index (χ4v) is 2.52. The average molecular weight is 328 g/mol. The first-order chi connectivity index (χ1) is 10.9. The Kier molecular flexibility index (Phi) is 5.25. The van der Waals surface area contributed by atoms with E-state index in [4.69, 9.17) is 11.6 Å². The van der Waals surface area contributed by atoms with Crippen molar-refractivity contribution in [3.05, 3.63) is 58.4 Å². The smallest absolute Gasteiger partial charge is 0.266 e. The number of anilines is 1. The molecule has 2 rings (SSSR count). The third-order valence-corrected chi connectivity index (χ3v) is 3.62. The number of nitrogens with one attached hydrogen (secondary N) is 1. The van der Waals surface area contributed by atoms with Crippen molar-refractivity contribution in [1.82, 2.24) is 4.57 Å². The molecule has 0 aliphatic carbocycles. The first-order valence-electron chi connectivity index (χ1n) is 7.28. The SMILES string of the molecule is Cc1cc(/C=C(\C#N)C(=O)Nc2cccc(Cl)c2)cn1C(C)C. The van der Waals surface area contributed by atoms with E-state index in [1.807, 2.05) is 25.3 Å². The van der Waals surface area contributed by atoms with Crippen molar-refractivity contribution in [1.29, 1.82) is 5.26 Å². The van der Waals surface area contributed by atoms with Crippen LogP contribution in [-0.4, -0.2) is 10.5 Å². The molecule has 1 N–H and O–H groups in total. The molecule has 1 aromatic carbocycles. The Balaban J connectivity index is 2.23. The zero-order valence-electron chi connectivity index (χ0n) is 13.3. The number of benzene rings is 1. The van der Waals surface area contributed by atoms with Gasteiger partial charge in [0.15, 0.2) is 0 Å². The molecule has 1 amide bonds. The summed E-state index contributed by atoms with van der Waals surface area (Å²) in [4.78, 5) is 12.2. The van der Waals surface area contributed by atoms with Crippen LogP contribution in [0.2, 0.25) is 5.02 Å². The van der Waals surface area contributed by atoms with Gasteiger partial charge < -0.3 is 9.88 Å². The lowest BCUT2D eigenvalue weighted by Gasteiger charge is -2.08. The lowest BCUT2D eigenvalue weighted by atomic mass is 10.2. The van der Waals surface area contributed by atoms with E-state index in [2.05, 4.69) is 23.7 Å². The van der Waals surface area contributed by atoms with E-state index in [0.29, 0.717) is 16.8 Å². The van der Waals surface area contributed by atoms with Gasteiger partial charge >= 0.3 is 0 Å². The summed E-state index contributed by atoms with van der Waals surface area (Å²) in [6.45, 7) is 6.16. The summed E-state index contributed by atoms with van der Waals surface area (Å²) in [5.41, 5.74) is 2.51. The van der Waals surface area contributed by atoms with E-state index in [0.717, 1.165) is 11.3 Å². The Labute approximate surface area is 141 Å². The zero-order chi connectivity index (χ0) is 17.0. The van der Waals surface area contributed by atoms with Gasteiger partial charge in [0.25, 0.3) is 5.91 Å². The third kappa shape index (κ3) is 4.24. The molecule has 118 valence electrons. The van der Waals surface area contributed by atoms with Crippen LogP contribution < -0.4 is 5.32 Å². The Hall–Kier alpha value is -2.51. The lowest BCUT2D eigenvalue weighted by molar-refractivity contribution is -0.112. The van der Waals surface area contributed by atoms with Gasteiger partial charge in [0.05, 0.1) is 0 Å². The van der Waals surface area contributed by atoms with Crippen molar-refractivity contribution in [2.75, 3.05) is 5.32 Å². The molecule has 4 nitrogen and oxygen atoms in total. The third-order valence-electron chi connectivity index (χ3n) is 3.39. The number of rotatable bonds is 4. The second kappa shape index (κ2) is 7.17. The summed E-state index contributed by atoms with van der Waals surface area (Å²) >= 11 is 5.89. The molecule has 0 aliphatic rings. The molecule has 0 saturated carbocycles. The van der Waals surface area contributed by atoms with Gasteiger partial charge in [-0.2, -0.15) is 5.26 Å². The van der Waals surface area contributed by atoms with Crippen LogP contribution in [0.3, 0.4) is 0 Å². The van der Waals surface area contributed by atoms with Crippen LogP contribution in [0.4, 0.5) is 5.69 Å². The maximum atomic E-state index is 12.2. The number of carbonyl (C=O) groups is 1. The quantitative estimate of drug-likeness (QED) is 0.660. The summed E-state index contributed by atoms with van der Waals surface area (Å²) in [7, 11) is 0. The summed E-state index contributed by atoms with van der Waals surface area (Å²) in [6, 6.07) is 11.0. The highest BCUT2D eigenvalue weighted by molar-refractivity contribution is 6.31. The van der Waals surface area contributed by atoms with E-state index in [9.17, 15) is 10.1 Å². The van der Waals surface area contributed by atoms with Gasteiger partial charge in [0.2, 0.25) is 0 Å². The molecule has 5 heteroatoms.